The summed E-state index contributed by atoms with van der Waals surface area (Å²) in [6.07, 6.45) is 6.96. The number of ether oxygens (including phenoxy) is 1. The number of nitrogens with zero attached hydrogens (tertiary/aromatic N) is 3. The van der Waals surface area contributed by atoms with Crippen molar-refractivity contribution in [3.05, 3.63) is 12.5 Å². The molecule has 3 heterocycles. The first-order valence-corrected chi connectivity index (χ1v) is 10.1. The number of thioether (sulfide) groups is 1. The molecule has 122 valence electrons. The van der Waals surface area contributed by atoms with Crippen molar-refractivity contribution in [2.45, 2.75) is 35.1 Å². The summed E-state index contributed by atoms with van der Waals surface area (Å²) in [5.74, 6) is 1.77. The molecule has 0 amide bonds. The second-order valence-electron chi connectivity index (χ2n) is 6.75. The summed E-state index contributed by atoms with van der Waals surface area (Å²) >= 11 is 1.88. The molecule has 0 radical (unpaired) electrons. The SMILES string of the molecule is Cn1cnc(S(=O)(=O)N2CC3(C[C@@H](OCC4CC4)CS3)C2)c1. The zero-order chi connectivity index (χ0) is 15.4. The van der Waals surface area contributed by atoms with E-state index >= 15 is 0 Å². The molecule has 2 saturated heterocycles. The minimum atomic E-state index is -3.43. The van der Waals surface area contributed by atoms with Gasteiger partial charge in [-0.1, -0.05) is 0 Å². The summed E-state index contributed by atoms with van der Waals surface area (Å²) in [7, 11) is -1.65. The molecule has 1 aromatic rings. The van der Waals surface area contributed by atoms with Gasteiger partial charge < -0.3 is 9.30 Å². The molecule has 0 unspecified atom stereocenters. The molecule has 2 aliphatic heterocycles. The number of aryl methyl sites for hydroxylation is 1. The summed E-state index contributed by atoms with van der Waals surface area (Å²) < 4.78 is 34.2. The lowest BCUT2D eigenvalue weighted by Crippen LogP contribution is -2.60. The zero-order valence-corrected chi connectivity index (χ0v) is 14.3. The molecule has 1 aromatic heterocycles. The topological polar surface area (TPSA) is 64.4 Å². The van der Waals surface area contributed by atoms with Crippen LogP contribution in [0.4, 0.5) is 0 Å². The van der Waals surface area contributed by atoms with Crippen molar-refractivity contribution in [3.63, 3.8) is 0 Å². The van der Waals surface area contributed by atoms with Gasteiger partial charge in [-0.3, -0.25) is 0 Å². The highest BCUT2D eigenvalue weighted by Gasteiger charge is 2.53. The molecule has 22 heavy (non-hydrogen) atoms. The van der Waals surface area contributed by atoms with Crippen molar-refractivity contribution in [2.75, 3.05) is 25.4 Å². The number of hydrogen-bond acceptors (Lipinski definition) is 5. The van der Waals surface area contributed by atoms with Gasteiger partial charge in [-0.25, -0.2) is 13.4 Å². The van der Waals surface area contributed by atoms with Crippen LogP contribution in [0.5, 0.6) is 0 Å². The number of sulfonamides is 1. The average Bonchev–Trinajstić information content (AvgIpc) is 2.98. The first-order valence-electron chi connectivity index (χ1n) is 7.71. The van der Waals surface area contributed by atoms with Crippen molar-refractivity contribution in [1.29, 1.82) is 0 Å². The van der Waals surface area contributed by atoms with Crippen LogP contribution in [0, 0.1) is 5.92 Å². The summed E-state index contributed by atoms with van der Waals surface area (Å²) in [4.78, 5) is 3.98. The van der Waals surface area contributed by atoms with Gasteiger partial charge in [0.2, 0.25) is 0 Å². The maximum atomic E-state index is 12.5. The number of imidazole rings is 1. The number of aromatic nitrogens is 2. The second kappa shape index (κ2) is 5.22. The molecule has 6 nitrogen and oxygen atoms in total. The number of rotatable bonds is 5. The van der Waals surface area contributed by atoms with Crippen LogP contribution in [-0.2, 0) is 21.8 Å². The molecule has 1 atom stereocenters. The largest absolute Gasteiger partial charge is 0.377 e. The van der Waals surface area contributed by atoms with E-state index in [-0.39, 0.29) is 9.77 Å². The summed E-state index contributed by atoms with van der Waals surface area (Å²) in [5.41, 5.74) is 0. The van der Waals surface area contributed by atoms with Gasteiger partial charge in [-0.2, -0.15) is 4.31 Å². The van der Waals surface area contributed by atoms with Crippen molar-refractivity contribution in [3.8, 4) is 0 Å². The van der Waals surface area contributed by atoms with Gasteiger partial charge in [-0.05, 0) is 25.2 Å². The fourth-order valence-electron chi connectivity index (χ4n) is 3.11. The van der Waals surface area contributed by atoms with E-state index in [1.54, 1.807) is 22.1 Å². The van der Waals surface area contributed by atoms with E-state index in [0.29, 0.717) is 19.2 Å². The highest BCUT2D eigenvalue weighted by atomic mass is 32.2. The van der Waals surface area contributed by atoms with E-state index in [1.807, 2.05) is 11.8 Å². The quantitative estimate of drug-likeness (QED) is 0.801. The van der Waals surface area contributed by atoms with Gasteiger partial charge in [0.25, 0.3) is 10.0 Å². The lowest BCUT2D eigenvalue weighted by atomic mass is 9.95. The van der Waals surface area contributed by atoms with E-state index in [4.69, 9.17) is 4.74 Å². The lowest BCUT2D eigenvalue weighted by Gasteiger charge is -2.45. The first kappa shape index (κ1) is 15.0. The van der Waals surface area contributed by atoms with Crippen LogP contribution in [0.15, 0.2) is 17.6 Å². The Morgan fingerprint density at radius 3 is 2.86 bits per heavy atom. The van der Waals surface area contributed by atoms with Crippen LogP contribution < -0.4 is 0 Å². The molecule has 0 aromatic carbocycles. The predicted octanol–water partition coefficient (Wildman–Crippen LogP) is 1.10. The number of hydrogen-bond donors (Lipinski definition) is 0. The minimum Gasteiger partial charge on any atom is -0.377 e. The Labute approximate surface area is 135 Å². The molecular formula is C14H21N3O3S2. The van der Waals surface area contributed by atoms with Crippen LogP contribution in [-0.4, -0.2) is 58.6 Å². The molecule has 1 aliphatic carbocycles. The fraction of sp³-hybridized carbons (Fsp3) is 0.786. The normalized spacial score (nSPS) is 28.1. The van der Waals surface area contributed by atoms with E-state index < -0.39 is 10.0 Å². The zero-order valence-electron chi connectivity index (χ0n) is 12.6. The van der Waals surface area contributed by atoms with Crippen LogP contribution in [0.25, 0.3) is 0 Å². The van der Waals surface area contributed by atoms with E-state index in [9.17, 15) is 8.42 Å². The Balaban J connectivity index is 1.35. The predicted molar refractivity (Wildman–Crippen MR) is 84.2 cm³/mol. The van der Waals surface area contributed by atoms with E-state index in [2.05, 4.69) is 4.98 Å². The molecule has 3 aliphatic rings. The van der Waals surface area contributed by atoms with Gasteiger partial charge in [0.1, 0.15) is 0 Å². The average molecular weight is 343 g/mol. The third-order valence-electron chi connectivity index (χ3n) is 4.65. The smallest absolute Gasteiger partial charge is 0.262 e. The summed E-state index contributed by atoms with van der Waals surface area (Å²) in [6.45, 7) is 2.05. The minimum absolute atomic E-state index is 0.0655. The van der Waals surface area contributed by atoms with Crippen LogP contribution in [0.1, 0.15) is 19.3 Å². The molecular weight excluding hydrogens is 322 g/mol. The Hall–Kier alpha value is -0.570. The maximum absolute atomic E-state index is 12.5. The van der Waals surface area contributed by atoms with Gasteiger partial charge >= 0.3 is 0 Å². The highest BCUT2D eigenvalue weighted by molar-refractivity contribution is 8.01. The van der Waals surface area contributed by atoms with E-state index in [1.165, 1.54) is 19.2 Å². The van der Waals surface area contributed by atoms with Crippen LogP contribution >= 0.6 is 11.8 Å². The molecule has 0 N–H and O–H groups in total. The third kappa shape index (κ3) is 2.70. The van der Waals surface area contributed by atoms with Crippen molar-refractivity contribution in [1.82, 2.24) is 13.9 Å². The van der Waals surface area contributed by atoms with Crippen molar-refractivity contribution >= 4 is 21.8 Å². The standard InChI is InChI=1S/C14H21N3O3S2/c1-16-5-13(15-10-16)22(18,19)17-8-14(9-17)4-12(7-21-14)20-6-11-2-3-11/h5,10-12H,2-4,6-9H2,1H3/t12-/m1/s1. The van der Waals surface area contributed by atoms with Gasteiger partial charge in [0.05, 0.1) is 12.4 Å². The third-order valence-corrected chi connectivity index (χ3v) is 7.91. The monoisotopic (exact) mass is 343 g/mol. The fourth-order valence-corrected chi connectivity index (χ4v) is 6.40. The maximum Gasteiger partial charge on any atom is 0.262 e. The van der Waals surface area contributed by atoms with Crippen LogP contribution in [0.2, 0.25) is 0 Å². The van der Waals surface area contributed by atoms with Crippen molar-refractivity contribution in [2.24, 2.45) is 13.0 Å². The Morgan fingerprint density at radius 2 is 2.23 bits per heavy atom. The molecule has 4 rings (SSSR count). The Bertz CT molecular complexity index is 663. The Morgan fingerprint density at radius 1 is 1.45 bits per heavy atom. The van der Waals surface area contributed by atoms with Gasteiger partial charge in [0, 0.05) is 43.4 Å². The van der Waals surface area contributed by atoms with E-state index in [0.717, 1.165) is 24.7 Å². The summed E-state index contributed by atoms with van der Waals surface area (Å²) in [5, 5.41) is 0.148. The summed E-state index contributed by atoms with van der Waals surface area (Å²) in [6, 6.07) is 0. The second-order valence-corrected chi connectivity index (χ2v) is 10.1. The Kier molecular flexibility index (Phi) is 3.56. The highest BCUT2D eigenvalue weighted by Crippen LogP contribution is 2.47. The van der Waals surface area contributed by atoms with Gasteiger partial charge in [-0.15, -0.1) is 11.8 Å². The van der Waals surface area contributed by atoms with Crippen LogP contribution in [0.3, 0.4) is 0 Å². The lowest BCUT2D eigenvalue weighted by molar-refractivity contribution is 0.0446. The molecule has 8 heteroatoms. The molecule has 1 spiro atoms. The molecule has 0 bridgehead atoms. The van der Waals surface area contributed by atoms with Gasteiger partial charge in [0.15, 0.2) is 5.03 Å². The van der Waals surface area contributed by atoms with Crippen molar-refractivity contribution < 1.29 is 13.2 Å². The molecule has 1 saturated carbocycles. The first-order chi connectivity index (χ1) is 10.5. The molecule has 3 fully saturated rings.